The van der Waals surface area contributed by atoms with Crippen LogP contribution in [0.4, 0.5) is 5.69 Å². The van der Waals surface area contributed by atoms with Crippen molar-refractivity contribution in [2.24, 2.45) is 0 Å². The molecular weight excluding hydrogens is 312 g/mol. The van der Waals surface area contributed by atoms with Gasteiger partial charge in [0.25, 0.3) is 11.6 Å². The lowest BCUT2D eigenvalue weighted by molar-refractivity contribution is -0.384. The molecular formula is C17H18N2O5. The largest absolute Gasteiger partial charge is 0.496 e. The SMILES string of the molecule is COc1ccccc1C(C)NC(=O)COc1ccc([N+](=O)[O-])cc1. The quantitative estimate of drug-likeness (QED) is 0.622. The highest BCUT2D eigenvalue weighted by molar-refractivity contribution is 5.78. The highest BCUT2D eigenvalue weighted by Gasteiger charge is 2.14. The minimum atomic E-state index is -0.495. The summed E-state index contributed by atoms with van der Waals surface area (Å²) >= 11 is 0. The van der Waals surface area contributed by atoms with Crippen LogP contribution in [0.3, 0.4) is 0 Å². The Labute approximate surface area is 139 Å². The summed E-state index contributed by atoms with van der Waals surface area (Å²) in [6.45, 7) is 1.67. The van der Waals surface area contributed by atoms with Gasteiger partial charge in [0.2, 0.25) is 0 Å². The number of benzene rings is 2. The van der Waals surface area contributed by atoms with Gasteiger partial charge in [-0.1, -0.05) is 18.2 Å². The molecule has 7 nitrogen and oxygen atoms in total. The van der Waals surface area contributed by atoms with Gasteiger partial charge in [-0.15, -0.1) is 0 Å². The highest BCUT2D eigenvalue weighted by atomic mass is 16.6. The molecule has 0 aliphatic heterocycles. The van der Waals surface area contributed by atoms with Crippen LogP contribution in [0, 0.1) is 10.1 Å². The van der Waals surface area contributed by atoms with Crippen molar-refractivity contribution < 1.29 is 19.2 Å². The zero-order chi connectivity index (χ0) is 17.5. The van der Waals surface area contributed by atoms with Gasteiger partial charge < -0.3 is 14.8 Å². The van der Waals surface area contributed by atoms with E-state index >= 15 is 0 Å². The zero-order valence-corrected chi connectivity index (χ0v) is 13.4. The molecule has 2 rings (SSSR count). The van der Waals surface area contributed by atoms with Gasteiger partial charge in [0.15, 0.2) is 6.61 Å². The number of amides is 1. The normalized spacial score (nSPS) is 11.4. The lowest BCUT2D eigenvalue weighted by atomic mass is 10.1. The first-order chi connectivity index (χ1) is 11.5. The molecule has 1 unspecified atom stereocenters. The lowest BCUT2D eigenvalue weighted by Gasteiger charge is -2.17. The Hall–Kier alpha value is -3.09. The highest BCUT2D eigenvalue weighted by Crippen LogP contribution is 2.24. The maximum Gasteiger partial charge on any atom is 0.269 e. The molecule has 0 fully saturated rings. The third kappa shape index (κ3) is 4.45. The average Bonchev–Trinajstić information content (AvgIpc) is 2.60. The molecule has 2 aromatic rings. The molecule has 0 aliphatic carbocycles. The second-order valence-electron chi connectivity index (χ2n) is 5.07. The molecule has 0 aromatic heterocycles. The molecule has 0 heterocycles. The molecule has 0 radical (unpaired) electrons. The van der Waals surface area contributed by atoms with Crippen molar-refractivity contribution in [1.82, 2.24) is 5.32 Å². The maximum atomic E-state index is 12.0. The van der Waals surface area contributed by atoms with E-state index in [2.05, 4.69) is 5.32 Å². The first-order valence-corrected chi connectivity index (χ1v) is 7.31. The van der Waals surface area contributed by atoms with Crippen LogP contribution in [0.25, 0.3) is 0 Å². The fourth-order valence-corrected chi connectivity index (χ4v) is 2.20. The number of nitro benzene ring substituents is 1. The first kappa shape index (κ1) is 17.3. The number of hydrogen-bond acceptors (Lipinski definition) is 5. The number of para-hydroxylation sites is 1. The summed E-state index contributed by atoms with van der Waals surface area (Å²) in [7, 11) is 1.57. The third-order valence-electron chi connectivity index (χ3n) is 3.40. The van der Waals surface area contributed by atoms with Crippen LogP contribution >= 0.6 is 0 Å². The van der Waals surface area contributed by atoms with Gasteiger partial charge >= 0.3 is 0 Å². The third-order valence-corrected chi connectivity index (χ3v) is 3.40. The molecule has 24 heavy (non-hydrogen) atoms. The van der Waals surface area contributed by atoms with E-state index in [0.29, 0.717) is 11.5 Å². The number of hydrogen-bond donors (Lipinski definition) is 1. The van der Waals surface area contributed by atoms with Gasteiger partial charge in [-0.05, 0) is 25.1 Å². The standard InChI is InChI=1S/C17H18N2O5/c1-12(15-5-3-4-6-16(15)23-2)18-17(20)11-24-14-9-7-13(8-10-14)19(21)22/h3-10,12H,11H2,1-2H3,(H,18,20). The smallest absolute Gasteiger partial charge is 0.269 e. The molecule has 0 spiro atoms. The van der Waals surface area contributed by atoms with Gasteiger partial charge in [-0.2, -0.15) is 0 Å². The van der Waals surface area contributed by atoms with Crippen LogP contribution in [0.15, 0.2) is 48.5 Å². The average molecular weight is 330 g/mol. The van der Waals surface area contributed by atoms with E-state index < -0.39 is 4.92 Å². The predicted molar refractivity (Wildman–Crippen MR) is 88.1 cm³/mol. The van der Waals surface area contributed by atoms with Gasteiger partial charge in [0.1, 0.15) is 11.5 Å². The molecule has 0 saturated heterocycles. The summed E-state index contributed by atoms with van der Waals surface area (Å²) in [4.78, 5) is 22.1. The number of nitrogens with zero attached hydrogens (tertiary/aromatic N) is 1. The fourth-order valence-electron chi connectivity index (χ4n) is 2.20. The van der Waals surface area contributed by atoms with Gasteiger partial charge in [-0.25, -0.2) is 0 Å². The number of nitro groups is 1. The molecule has 1 N–H and O–H groups in total. The Morgan fingerprint density at radius 1 is 1.21 bits per heavy atom. The number of rotatable bonds is 7. The predicted octanol–water partition coefficient (Wildman–Crippen LogP) is 2.86. The van der Waals surface area contributed by atoms with Crippen LogP contribution in [0.1, 0.15) is 18.5 Å². The van der Waals surface area contributed by atoms with E-state index in [-0.39, 0.29) is 24.2 Å². The topological polar surface area (TPSA) is 90.7 Å². The zero-order valence-electron chi connectivity index (χ0n) is 13.4. The summed E-state index contributed by atoms with van der Waals surface area (Å²) in [5.74, 6) is 0.786. The minimum absolute atomic E-state index is 0.0309. The Morgan fingerprint density at radius 2 is 1.88 bits per heavy atom. The van der Waals surface area contributed by atoms with Crippen LogP contribution < -0.4 is 14.8 Å². The van der Waals surface area contributed by atoms with Crippen molar-refractivity contribution in [3.05, 3.63) is 64.2 Å². The molecule has 0 saturated carbocycles. The number of non-ortho nitro benzene ring substituents is 1. The summed E-state index contributed by atoms with van der Waals surface area (Å²) in [6.07, 6.45) is 0. The number of nitrogens with one attached hydrogen (secondary N) is 1. The van der Waals surface area contributed by atoms with E-state index in [9.17, 15) is 14.9 Å². The van der Waals surface area contributed by atoms with Gasteiger partial charge in [0, 0.05) is 17.7 Å². The van der Waals surface area contributed by atoms with E-state index in [1.165, 1.54) is 24.3 Å². The van der Waals surface area contributed by atoms with E-state index in [1.54, 1.807) is 7.11 Å². The van der Waals surface area contributed by atoms with Crippen molar-refractivity contribution in [2.75, 3.05) is 13.7 Å². The van der Waals surface area contributed by atoms with E-state index in [0.717, 1.165) is 5.56 Å². The molecule has 7 heteroatoms. The Bertz CT molecular complexity index is 715. The number of carbonyl (C=O) groups is 1. The second-order valence-corrected chi connectivity index (χ2v) is 5.07. The number of methoxy groups -OCH3 is 1. The summed E-state index contributed by atoms with van der Waals surface area (Å²) in [5.41, 5.74) is 0.834. The molecule has 126 valence electrons. The number of carbonyl (C=O) groups excluding carboxylic acids is 1. The van der Waals surface area contributed by atoms with Crippen LogP contribution in [0.5, 0.6) is 11.5 Å². The first-order valence-electron chi connectivity index (χ1n) is 7.31. The van der Waals surface area contributed by atoms with Crippen molar-refractivity contribution in [3.8, 4) is 11.5 Å². The molecule has 2 aromatic carbocycles. The van der Waals surface area contributed by atoms with Crippen LogP contribution in [-0.2, 0) is 4.79 Å². The van der Waals surface area contributed by atoms with Crippen molar-refractivity contribution in [1.29, 1.82) is 0 Å². The molecule has 0 aliphatic rings. The van der Waals surface area contributed by atoms with Gasteiger partial charge in [0.05, 0.1) is 18.1 Å². The minimum Gasteiger partial charge on any atom is -0.496 e. The van der Waals surface area contributed by atoms with Gasteiger partial charge in [-0.3, -0.25) is 14.9 Å². The Balaban J connectivity index is 1.89. The van der Waals surface area contributed by atoms with E-state index in [4.69, 9.17) is 9.47 Å². The number of ether oxygens (including phenoxy) is 2. The molecule has 0 bridgehead atoms. The molecule has 1 atom stereocenters. The van der Waals surface area contributed by atoms with Crippen LogP contribution in [-0.4, -0.2) is 24.5 Å². The Kier molecular flexibility index (Phi) is 5.73. The van der Waals surface area contributed by atoms with Crippen molar-refractivity contribution >= 4 is 11.6 Å². The van der Waals surface area contributed by atoms with Crippen molar-refractivity contribution in [3.63, 3.8) is 0 Å². The summed E-state index contributed by atoms with van der Waals surface area (Å²) < 4.78 is 10.6. The fraction of sp³-hybridized carbons (Fsp3) is 0.235. The molecule has 1 amide bonds. The summed E-state index contributed by atoms with van der Waals surface area (Å²) in [6, 6.07) is 12.7. The maximum absolute atomic E-state index is 12.0. The monoisotopic (exact) mass is 330 g/mol. The second kappa shape index (κ2) is 7.96. The summed E-state index contributed by atoms with van der Waals surface area (Å²) in [5, 5.41) is 13.4. The van der Waals surface area contributed by atoms with E-state index in [1.807, 2.05) is 31.2 Å². The lowest BCUT2D eigenvalue weighted by Crippen LogP contribution is -2.31. The Morgan fingerprint density at radius 3 is 2.50 bits per heavy atom. The van der Waals surface area contributed by atoms with Crippen LogP contribution in [0.2, 0.25) is 0 Å². The van der Waals surface area contributed by atoms with Crippen molar-refractivity contribution in [2.45, 2.75) is 13.0 Å².